The summed E-state index contributed by atoms with van der Waals surface area (Å²) >= 11 is 0. The molecule has 2 amide bonds. The minimum atomic E-state index is -1.89. The number of rotatable bonds is 10. The Morgan fingerprint density at radius 3 is 2.59 bits per heavy atom. The number of halogens is 3. The van der Waals surface area contributed by atoms with Crippen molar-refractivity contribution in [3.05, 3.63) is 112 Å². The quantitative estimate of drug-likeness (QED) is 0.0699. The summed E-state index contributed by atoms with van der Waals surface area (Å²) in [6, 6.07) is 8.13. The number of hydrogen-bond acceptors (Lipinski definition) is 16. The van der Waals surface area contributed by atoms with Gasteiger partial charge in [-0.15, -0.1) is 6.42 Å². The number of aliphatic hydroxyl groups is 2. The van der Waals surface area contributed by atoms with Gasteiger partial charge in [-0.25, -0.2) is 27.7 Å². The Morgan fingerprint density at radius 1 is 1.01 bits per heavy atom. The number of hydrogen-bond donors (Lipinski definition) is 3. The van der Waals surface area contributed by atoms with Crippen molar-refractivity contribution in [2.45, 2.75) is 107 Å². The van der Waals surface area contributed by atoms with Crippen molar-refractivity contribution in [2.24, 2.45) is 0 Å². The van der Waals surface area contributed by atoms with Gasteiger partial charge in [0.1, 0.15) is 54.6 Å². The van der Waals surface area contributed by atoms with Crippen molar-refractivity contribution in [3.63, 3.8) is 0 Å². The average Bonchev–Trinajstić information content (AvgIpc) is 2.68. The van der Waals surface area contributed by atoms with E-state index < -0.39 is 47.2 Å². The predicted molar refractivity (Wildman–Crippen MR) is 300 cm³/mol. The van der Waals surface area contributed by atoms with Gasteiger partial charge >= 0.3 is 18.1 Å². The van der Waals surface area contributed by atoms with Crippen LogP contribution in [0.3, 0.4) is 0 Å². The minimum absolute atomic E-state index is 0.0511. The molecule has 6 aromatic rings. The number of cyclic esters (lactones) is 1. The van der Waals surface area contributed by atoms with Crippen molar-refractivity contribution >= 4 is 67.8 Å². The van der Waals surface area contributed by atoms with Crippen molar-refractivity contribution < 1.29 is 57.1 Å². The van der Waals surface area contributed by atoms with E-state index >= 15 is 8.78 Å². The topological polar surface area (TPSA) is 207 Å². The number of pyridine rings is 2. The summed E-state index contributed by atoms with van der Waals surface area (Å²) in [4.78, 5) is 69.4. The number of aliphatic hydroxyl groups excluding tert-OH is 1. The summed E-state index contributed by atoms with van der Waals surface area (Å²) in [7, 11) is 1.62. The van der Waals surface area contributed by atoms with Gasteiger partial charge in [-0.3, -0.25) is 19.6 Å². The zero-order valence-corrected chi connectivity index (χ0v) is 45.7. The van der Waals surface area contributed by atoms with E-state index in [4.69, 9.17) is 30.6 Å². The molecule has 83 heavy (non-hydrogen) atoms. The molecule has 426 valence electrons. The summed E-state index contributed by atoms with van der Waals surface area (Å²) in [5.41, 5.74) is 3.42. The zero-order chi connectivity index (χ0) is 57.5. The SMILES string of the molecule is C#Cc1c(F)ccc2cc(O)cc(-c3ncc4c(N5CC6CCC(C5)N6C(=O)C(=C)COC(=O)N(C)c5ccc6nc7c(c8c6c5CCC8)CN5C7=CC6=C(COC(=O)[C@]6(O)CC)C5O)nc(OC[C@@]56CCCN5C[C@H](F)C6)nc4c3F)c12. The summed E-state index contributed by atoms with van der Waals surface area (Å²) < 4.78 is 65.0. The van der Waals surface area contributed by atoms with Crippen molar-refractivity contribution in [1.82, 2.24) is 34.6 Å². The first kappa shape index (κ1) is 52.7. The number of terminal acetylenes is 1. The third-order valence-corrected chi connectivity index (χ3v) is 18.7. The molecule has 7 aliphatic heterocycles. The number of aryl methyl sites for hydroxylation is 2. The highest BCUT2D eigenvalue weighted by molar-refractivity contribution is 6.04. The average molecular weight is 1130 g/mol. The first-order chi connectivity index (χ1) is 40.0. The lowest BCUT2D eigenvalue weighted by Crippen LogP contribution is -2.56. The van der Waals surface area contributed by atoms with Crippen LogP contribution >= 0.6 is 0 Å². The normalized spacial score (nSPS) is 25.1. The maximum absolute atomic E-state index is 17.4. The zero-order valence-electron chi connectivity index (χ0n) is 45.7. The van der Waals surface area contributed by atoms with E-state index in [1.807, 2.05) is 21.9 Å². The predicted octanol–water partition coefficient (Wildman–Crippen LogP) is 7.29. The van der Waals surface area contributed by atoms with Crippen LogP contribution in [0.1, 0.15) is 79.8 Å². The fourth-order valence-corrected chi connectivity index (χ4v) is 14.7. The number of phenolic OH excluding ortho intramolecular Hbond substituents is 1. The molecule has 6 atom stereocenters. The maximum Gasteiger partial charge on any atom is 0.414 e. The van der Waals surface area contributed by atoms with Crippen LogP contribution in [0.5, 0.6) is 11.8 Å². The van der Waals surface area contributed by atoms with Crippen LogP contribution in [-0.2, 0) is 38.4 Å². The van der Waals surface area contributed by atoms with Gasteiger partial charge < -0.3 is 44.2 Å². The van der Waals surface area contributed by atoms with Gasteiger partial charge in [-0.1, -0.05) is 25.5 Å². The number of carbonyl (C=O) groups excluding carboxylic acids is 3. The lowest BCUT2D eigenvalue weighted by Gasteiger charge is -2.42. The molecule has 3 aromatic heterocycles. The Bertz CT molecular complexity index is 3980. The number of phenols is 1. The molecule has 0 saturated carbocycles. The highest BCUT2D eigenvalue weighted by Crippen LogP contribution is 2.49. The Balaban J connectivity index is 0.706. The molecule has 18 nitrogen and oxygen atoms in total. The van der Waals surface area contributed by atoms with Crippen LogP contribution in [0, 0.1) is 24.0 Å². The lowest BCUT2D eigenvalue weighted by molar-refractivity contribution is -0.164. The van der Waals surface area contributed by atoms with Crippen molar-refractivity contribution in [1.29, 1.82) is 0 Å². The number of aromatic nitrogens is 4. The molecule has 4 fully saturated rings. The van der Waals surface area contributed by atoms with Gasteiger partial charge in [0.25, 0.3) is 5.91 Å². The largest absolute Gasteiger partial charge is 0.508 e. The molecular formula is C62H58F3N9O9. The summed E-state index contributed by atoms with van der Waals surface area (Å²) in [6.45, 7) is 7.26. The highest BCUT2D eigenvalue weighted by Gasteiger charge is 2.52. The number of fused-ring (bicyclic) bond motifs is 9. The van der Waals surface area contributed by atoms with Crippen LogP contribution in [0.4, 0.5) is 29.5 Å². The third-order valence-electron chi connectivity index (χ3n) is 18.7. The number of esters is 1. The number of alkyl halides is 1. The third kappa shape index (κ3) is 8.06. The Kier molecular flexibility index (Phi) is 12.3. The fourth-order valence-electron chi connectivity index (χ4n) is 14.7. The molecule has 14 rings (SSSR count). The van der Waals surface area contributed by atoms with Gasteiger partial charge in [0.05, 0.1) is 51.2 Å². The van der Waals surface area contributed by atoms with Gasteiger partial charge in [0.2, 0.25) is 0 Å². The van der Waals surface area contributed by atoms with E-state index in [0.717, 1.165) is 47.9 Å². The summed E-state index contributed by atoms with van der Waals surface area (Å²) in [5.74, 6) is -0.269. The van der Waals surface area contributed by atoms with Crippen LogP contribution in [0.25, 0.3) is 49.5 Å². The number of anilines is 2. The lowest BCUT2D eigenvalue weighted by atomic mass is 9.82. The molecule has 0 radical (unpaired) electrons. The van der Waals surface area contributed by atoms with Crippen LogP contribution in [0.2, 0.25) is 0 Å². The molecule has 10 heterocycles. The first-order valence-corrected chi connectivity index (χ1v) is 28.2. The Labute approximate surface area is 474 Å². The van der Waals surface area contributed by atoms with Gasteiger partial charge in [-0.2, -0.15) is 9.97 Å². The molecule has 3 N–H and O–H groups in total. The second-order valence-corrected chi connectivity index (χ2v) is 23.2. The smallest absolute Gasteiger partial charge is 0.414 e. The summed E-state index contributed by atoms with van der Waals surface area (Å²) in [5, 5.41) is 35.6. The monoisotopic (exact) mass is 1130 g/mol. The van der Waals surface area contributed by atoms with Crippen LogP contribution in [0.15, 0.2) is 72.0 Å². The van der Waals surface area contributed by atoms with Gasteiger partial charge in [0, 0.05) is 84.5 Å². The van der Waals surface area contributed by atoms with E-state index in [2.05, 4.69) is 27.4 Å². The minimum Gasteiger partial charge on any atom is -0.508 e. The van der Waals surface area contributed by atoms with Gasteiger partial charge in [-0.05, 0) is 111 Å². The fraction of sp³-hybridized carbons (Fsp3) is 0.403. The number of ether oxygens (including phenoxy) is 3. The van der Waals surface area contributed by atoms with Crippen molar-refractivity contribution in [3.8, 4) is 35.4 Å². The molecule has 3 aromatic carbocycles. The molecule has 3 unspecified atom stereocenters. The first-order valence-electron chi connectivity index (χ1n) is 28.2. The second-order valence-electron chi connectivity index (χ2n) is 23.2. The van der Waals surface area contributed by atoms with Gasteiger partial charge in [0.15, 0.2) is 17.6 Å². The van der Waals surface area contributed by atoms with E-state index in [-0.39, 0.29) is 114 Å². The molecule has 8 aliphatic rings. The van der Waals surface area contributed by atoms with E-state index in [1.54, 1.807) is 24.9 Å². The van der Waals surface area contributed by atoms with E-state index in [1.165, 1.54) is 35.4 Å². The van der Waals surface area contributed by atoms with Crippen molar-refractivity contribution in [2.75, 3.05) is 62.8 Å². The standard InChI is InChI=1S/C62H58F3N9O9/c1-5-37-45(64)14-11-32-19-36(75)20-40(49(32)37)53-51(65)54-41(23-66-53)55(69-59(68-54)83-30-61-17-8-18-72(61)24-33(63)22-61)71-25-34-12-13-35(26-71)74(34)56(76)31(3)28-82-60(79)70(4)47-16-15-46-50-38(9-7-10-39(47)50)42-27-73-48(52(42)67-46)21-44-43(57(73)77)29-81-58(78)62(44,80)6-2/h1,11,14-16,19-21,23,33-35,57,75,77,80H,3,6-10,12-13,17-18,22,24-30H2,2,4H3/t33-,34?,35?,57?,61+,62+/m1/s1. The van der Waals surface area contributed by atoms with Crippen LogP contribution in [-0.4, -0.2) is 157 Å². The molecular weight excluding hydrogens is 1070 g/mol. The number of nitrogens with zero attached hydrogens (tertiary/aromatic N) is 9. The molecule has 0 spiro atoms. The number of amides is 2. The summed E-state index contributed by atoms with van der Waals surface area (Å²) in [6.07, 6.45) is 11.5. The second kappa shape index (κ2) is 19.4. The molecule has 4 saturated heterocycles. The Morgan fingerprint density at radius 2 is 1.81 bits per heavy atom. The number of aromatic hydroxyl groups is 1. The van der Waals surface area contributed by atoms with Crippen LogP contribution < -0.4 is 14.5 Å². The molecule has 21 heteroatoms. The molecule has 1 aliphatic carbocycles. The van der Waals surface area contributed by atoms with E-state index in [0.29, 0.717) is 83.7 Å². The molecule has 2 bridgehead atoms. The number of benzene rings is 3. The number of carbonyl (C=O) groups is 3. The maximum atomic E-state index is 17.4. The Hall–Kier alpha value is -8.32. The van der Waals surface area contributed by atoms with E-state index in [9.17, 15) is 34.1 Å². The number of piperazine rings is 1. The highest BCUT2D eigenvalue weighted by atomic mass is 19.1.